The zero-order valence-electron chi connectivity index (χ0n) is 20.4. The maximum absolute atomic E-state index is 12.9. The Hall–Kier alpha value is -2.54. The minimum atomic E-state index is -4.33. The van der Waals surface area contributed by atoms with Gasteiger partial charge in [0.2, 0.25) is 0 Å². The molecule has 1 aromatic carbocycles. The van der Waals surface area contributed by atoms with Gasteiger partial charge in [-0.15, -0.1) is 0 Å². The van der Waals surface area contributed by atoms with Crippen molar-refractivity contribution in [1.82, 2.24) is 15.2 Å². The minimum absolute atomic E-state index is 0.000282. The number of ether oxygens (including phenoxy) is 1. The van der Waals surface area contributed by atoms with Crippen LogP contribution in [0.25, 0.3) is 0 Å². The standard InChI is InChI=1S/C25H30F3N3O5S/c1-2-37(34,35)20-6-4-17(5-7-20)22(14-32)30-24(33)18-9-19-12-31(13-21(19)29-10-18)11-16-3-8-23(36-15-16)25(26,27)28/h4-7,9-10,16,22-23,32H,2-3,8,11-15H2,1H3,(H,30,33)/t16-,22+,23?/m1/s1. The van der Waals surface area contributed by atoms with Gasteiger partial charge in [0.1, 0.15) is 0 Å². The first-order valence-electron chi connectivity index (χ1n) is 12.1. The molecule has 2 aromatic rings. The minimum Gasteiger partial charge on any atom is -0.394 e. The van der Waals surface area contributed by atoms with Crippen LogP contribution in [-0.4, -0.2) is 67.1 Å². The van der Waals surface area contributed by atoms with Gasteiger partial charge in [-0.3, -0.25) is 14.7 Å². The molecule has 3 atom stereocenters. The molecule has 1 fully saturated rings. The average molecular weight is 542 g/mol. The molecule has 2 aliphatic heterocycles. The number of aliphatic hydroxyl groups excluding tert-OH is 1. The molecule has 202 valence electrons. The molecule has 8 nitrogen and oxygen atoms in total. The molecule has 0 spiro atoms. The first-order valence-corrected chi connectivity index (χ1v) is 13.8. The SMILES string of the molecule is CCS(=O)(=O)c1ccc([C@H](CO)NC(=O)c2cnc3c(c2)CN(C[C@H]2CCC(C(F)(F)F)OC2)C3)cc1. The Labute approximate surface area is 213 Å². The number of hydrogen-bond acceptors (Lipinski definition) is 7. The van der Waals surface area contributed by atoms with E-state index in [2.05, 4.69) is 15.2 Å². The predicted octanol–water partition coefficient (Wildman–Crippen LogP) is 3.01. The number of nitrogens with zero attached hydrogens (tertiary/aromatic N) is 2. The van der Waals surface area contributed by atoms with Gasteiger partial charge in [-0.25, -0.2) is 8.42 Å². The number of hydrogen-bond donors (Lipinski definition) is 2. The van der Waals surface area contributed by atoms with E-state index < -0.39 is 34.1 Å². The van der Waals surface area contributed by atoms with Crippen LogP contribution in [0.15, 0.2) is 41.4 Å². The van der Waals surface area contributed by atoms with Crippen molar-refractivity contribution < 1.29 is 36.2 Å². The molecule has 1 saturated heterocycles. The predicted molar refractivity (Wildman–Crippen MR) is 128 cm³/mol. The van der Waals surface area contributed by atoms with Crippen molar-refractivity contribution in [1.29, 1.82) is 0 Å². The van der Waals surface area contributed by atoms with E-state index in [1.807, 2.05) is 0 Å². The summed E-state index contributed by atoms with van der Waals surface area (Å²) in [6.07, 6.45) is -4.16. The van der Waals surface area contributed by atoms with Gasteiger partial charge in [0.25, 0.3) is 5.91 Å². The molecule has 1 unspecified atom stereocenters. The Kier molecular flexibility index (Phi) is 8.22. The zero-order chi connectivity index (χ0) is 26.8. The van der Waals surface area contributed by atoms with Crippen LogP contribution in [0.5, 0.6) is 0 Å². The van der Waals surface area contributed by atoms with Gasteiger partial charge in [-0.1, -0.05) is 19.1 Å². The number of benzene rings is 1. The van der Waals surface area contributed by atoms with Gasteiger partial charge in [0, 0.05) is 25.8 Å². The second-order valence-corrected chi connectivity index (χ2v) is 11.8. The summed E-state index contributed by atoms with van der Waals surface area (Å²) in [6.45, 7) is 2.89. The normalized spacial score (nSPS) is 21.4. The lowest BCUT2D eigenvalue weighted by Gasteiger charge is -2.32. The van der Waals surface area contributed by atoms with Gasteiger partial charge in [0.15, 0.2) is 15.9 Å². The summed E-state index contributed by atoms with van der Waals surface area (Å²) in [6, 6.07) is 7.04. The van der Waals surface area contributed by atoms with Crippen LogP contribution < -0.4 is 5.32 Å². The Bertz CT molecular complexity index is 1210. The number of fused-ring (bicyclic) bond motifs is 1. The molecular formula is C25H30F3N3O5S. The number of aliphatic hydroxyl groups is 1. The lowest BCUT2D eigenvalue weighted by molar-refractivity contribution is -0.236. The van der Waals surface area contributed by atoms with Gasteiger partial charge in [-0.2, -0.15) is 13.2 Å². The quantitative estimate of drug-likeness (QED) is 0.529. The van der Waals surface area contributed by atoms with Crippen molar-refractivity contribution in [3.63, 3.8) is 0 Å². The second kappa shape index (κ2) is 11.1. The van der Waals surface area contributed by atoms with Crippen molar-refractivity contribution in [2.75, 3.05) is 25.5 Å². The van der Waals surface area contributed by atoms with Crippen LogP contribution in [0.3, 0.4) is 0 Å². The highest BCUT2D eigenvalue weighted by Crippen LogP contribution is 2.33. The molecule has 0 saturated carbocycles. The highest BCUT2D eigenvalue weighted by molar-refractivity contribution is 7.91. The van der Waals surface area contributed by atoms with Crippen LogP contribution in [0.1, 0.15) is 53.0 Å². The molecule has 3 heterocycles. The van der Waals surface area contributed by atoms with Gasteiger partial charge in [-0.05, 0) is 48.1 Å². The van der Waals surface area contributed by atoms with Crippen LogP contribution in [0.2, 0.25) is 0 Å². The topological polar surface area (TPSA) is 109 Å². The van der Waals surface area contributed by atoms with Crippen molar-refractivity contribution in [3.05, 3.63) is 58.9 Å². The van der Waals surface area contributed by atoms with Gasteiger partial charge < -0.3 is 15.2 Å². The van der Waals surface area contributed by atoms with Crippen LogP contribution in [0.4, 0.5) is 13.2 Å². The van der Waals surface area contributed by atoms with Gasteiger partial charge in [0.05, 0.1) is 41.2 Å². The van der Waals surface area contributed by atoms with E-state index in [4.69, 9.17) is 4.74 Å². The molecule has 12 heteroatoms. The molecule has 37 heavy (non-hydrogen) atoms. The van der Waals surface area contributed by atoms with E-state index in [0.29, 0.717) is 37.2 Å². The number of amides is 1. The molecule has 2 aliphatic rings. The molecule has 1 amide bonds. The number of carbonyl (C=O) groups excluding carboxylic acids is 1. The van der Waals surface area contributed by atoms with Crippen LogP contribution in [-0.2, 0) is 27.7 Å². The second-order valence-electron chi connectivity index (χ2n) is 9.49. The van der Waals surface area contributed by atoms with Gasteiger partial charge >= 0.3 is 6.18 Å². The van der Waals surface area contributed by atoms with E-state index in [9.17, 15) is 31.5 Å². The fourth-order valence-corrected chi connectivity index (χ4v) is 5.59. The van der Waals surface area contributed by atoms with E-state index >= 15 is 0 Å². The number of aromatic nitrogens is 1. The monoisotopic (exact) mass is 541 g/mol. The Morgan fingerprint density at radius 3 is 2.57 bits per heavy atom. The maximum atomic E-state index is 12.9. The number of sulfone groups is 1. The highest BCUT2D eigenvalue weighted by atomic mass is 32.2. The Balaban J connectivity index is 1.35. The molecule has 4 rings (SSSR count). The zero-order valence-corrected chi connectivity index (χ0v) is 21.2. The van der Waals surface area contributed by atoms with Crippen LogP contribution in [0, 0.1) is 5.92 Å². The van der Waals surface area contributed by atoms with Crippen LogP contribution >= 0.6 is 0 Å². The number of nitrogens with one attached hydrogen (secondary N) is 1. The summed E-state index contributed by atoms with van der Waals surface area (Å²) in [5.74, 6) is -0.459. The third-order valence-corrected chi connectivity index (χ3v) is 8.60. The fraction of sp³-hybridized carbons (Fsp3) is 0.520. The third-order valence-electron chi connectivity index (χ3n) is 6.85. The third kappa shape index (κ3) is 6.49. The Morgan fingerprint density at radius 1 is 1.24 bits per heavy atom. The number of carbonyl (C=O) groups is 1. The molecule has 0 aliphatic carbocycles. The van der Waals surface area contributed by atoms with E-state index in [1.165, 1.54) is 18.3 Å². The summed E-state index contributed by atoms with van der Waals surface area (Å²) in [4.78, 5) is 19.6. The molecular weight excluding hydrogens is 511 g/mol. The first kappa shape index (κ1) is 27.5. The molecule has 1 aromatic heterocycles. The lowest BCUT2D eigenvalue weighted by atomic mass is 9.97. The molecule has 0 bridgehead atoms. The highest BCUT2D eigenvalue weighted by Gasteiger charge is 2.43. The average Bonchev–Trinajstić information content (AvgIpc) is 3.28. The summed E-state index contributed by atoms with van der Waals surface area (Å²) < 4.78 is 67.5. The molecule has 2 N–H and O–H groups in total. The lowest BCUT2D eigenvalue weighted by Crippen LogP contribution is -2.40. The fourth-order valence-electron chi connectivity index (χ4n) is 4.70. The summed E-state index contributed by atoms with van der Waals surface area (Å²) in [5, 5.41) is 12.6. The first-order chi connectivity index (χ1) is 17.5. The number of pyridine rings is 1. The van der Waals surface area contributed by atoms with E-state index in [-0.39, 0.29) is 36.2 Å². The smallest absolute Gasteiger partial charge is 0.394 e. The number of halogens is 3. The summed E-state index contributed by atoms with van der Waals surface area (Å²) in [7, 11) is -3.36. The summed E-state index contributed by atoms with van der Waals surface area (Å²) >= 11 is 0. The van der Waals surface area contributed by atoms with Crippen molar-refractivity contribution in [2.24, 2.45) is 5.92 Å². The maximum Gasteiger partial charge on any atom is 0.414 e. The van der Waals surface area contributed by atoms with E-state index in [1.54, 1.807) is 25.1 Å². The Morgan fingerprint density at radius 2 is 1.97 bits per heavy atom. The van der Waals surface area contributed by atoms with Crippen molar-refractivity contribution >= 4 is 15.7 Å². The van der Waals surface area contributed by atoms with E-state index in [0.717, 1.165) is 11.3 Å². The van der Waals surface area contributed by atoms with Crippen molar-refractivity contribution in [3.8, 4) is 0 Å². The van der Waals surface area contributed by atoms with Crippen molar-refractivity contribution in [2.45, 2.75) is 56.1 Å². The number of alkyl halides is 3. The number of rotatable bonds is 8. The molecule has 0 radical (unpaired) electrons. The largest absolute Gasteiger partial charge is 0.414 e. The summed E-state index contributed by atoms with van der Waals surface area (Å²) in [5.41, 5.74) is 2.56.